The van der Waals surface area contributed by atoms with E-state index in [4.69, 9.17) is 14.9 Å². The molecule has 5 heteroatoms. The van der Waals surface area contributed by atoms with E-state index >= 15 is 0 Å². The first kappa shape index (κ1) is 11.7. The summed E-state index contributed by atoms with van der Waals surface area (Å²) in [6.45, 7) is 1.91. The van der Waals surface area contributed by atoms with Crippen molar-refractivity contribution in [1.29, 1.82) is 0 Å². The second-order valence-electron chi connectivity index (χ2n) is 2.87. The maximum absolute atomic E-state index is 5.63. The zero-order valence-corrected chi connectivity index (χ0v) is 9.71. The van der Waals surface area contributed by atoms with E-state index in [-0.39, 0.29) is 6.04 Å². The van der Waals surface area contributed by atoms with Crippen LogP contribution in [0.2, 0.25) is 0 Å². The lowest BCUT2D eigenvalue weighted by Crippen LogP contribution is -2.30. The van der Waals surface area contributed by atoms with Crippen molar-refractivity contribution in [2.45, 2.75) is 6.04 Å². The first-order valence-corrected chi connectivity index (χ1v) is 5.24. The van der Waals surface area contributed by atoms with Gasteiger partial charge in [-0.1, -0.05) is 0 Å². The van der Waals surface area contributed by atoms with E-state index in [2.05, 4.69) is 21.2 Å². The van der Waals surface area contributed by atoms with Crippen LogP contribution in [0, 0.1) is 0 Å². The Kier molecular flexibility index (Phi) is 5.17. The van der Waals surface area contributed by atoms with Gasteiger partial charge in [-0.3, -0.25) is 0 Å². The summed E-state index contributed by atoms with van der Waals surface area (Å²) < 4.78 is 11.2. The molecule has 0 aliphatic heterocycles. The number of furan rings is 1. The smallest absolute Gasteiger partial charge is 0.136 e. The molecule has 1 aromatic rings. The molecule has 0 aromatic carbocycles. The maximum Gasteiger partial charge on any atom is 0.136 e. The highest BCUT2D eigenvalue weighted by molar-refractivity contribution is 9.10. The molecule has 4 nitrogen and oxygen atoms in total. The first-order chi connectivity index (χ1) is 6.79. The Morgan fingerprint density at radius 1 is 1.71 bits per heavy atom. The van der Waals surface area contributed by atoms with Crippen molar-refractivity contribution >= 4 is 15.9 Å². The molecule has 0 fully saturated rings. The summed E-state index contributed by atoms with van der Waals surface area (Å²) in [5.41, 5.74) is 5.63. The number of rotatable bonds is 6. The van der Waals surface area contributed by atoms with Crippen LogP contribution in [0.5, 0.6) is 0 Å². The van der Waals surface area contributed by atoms with Crippen molar-refractivity contribution in [3.8, 4) is 0 Å². The first-order valence-electron chi connectivity index (χ1n) is 4.45. The maximum atomic E-state index is 5.63. The zero-order valence-electron chi connectivity index (χ0n) is 8.13. The lowest BCUT2D eigenvalue weighted by atomic mass is 10.2. The predicted octanol–water partition coefficient (Wildman–Crippen LogP) is 1.28. The normalized spacial score (nSPS) is 13.1. The highest BCUT2D eigenvalue weighted by Crippen LogP contribution is 2.23. The van der Waals surface area contributed by atoms with E-state index in [1.807, 2.05) is 6.07 Å². The molecule has 1 atom stereocenters. The molecule has 0 saturated carbocycles. The molecule has 14 heavy (non-hydrogen) atoms. The average Bonchev–Trinajstić information content (AvgIpc) is 2.60. The summed E-state index contributed by atoms with van der Waals surface area (Å²) in [4.78, 5) is 0. The summed E-state index contributed by atoms with van der Waals surface area (Å²) in [5.74, 6) is 0.837. The minimum atomic E-state index is 0.0366. The SMILES string of the molecule is COCCNC(CN)c1occc1Br. The molecule has 1 aromatic heterocycles. The van der Waals surface area contributed by atoms with E-state index in [1.54, 1.807) is 13.4 Å². The number of hydrogen-bond donors (Lipinski definition) is 2. The quantitative estimate of drug-likeness (QED) is 0.759. The van der Waals surface area contributed by atoms with Crippen molar-refractivity contribution in [3.05, 3.63) is 22.6 Å². The number of halogens is 1. The molecule has 0 amide bonds. The number of hydrogen-bond acceptors (Lipinski definition) is 4. The van der Waals surface area contributed by atoms with Crippen LogP contribution in [0.15, 0.2) is 21.2 Å². The Bertz CT molecular complexity index is 265. The number of methoxy groups -OCH3 is 1. The monoisotopic (exact) mass is 262 g/mol. The van der Waals surface area contributed by atoms with Gasteiger partial charge in [-0.05, 0) is 22.0 Å². The molecule has 3 N–H and O–H groups in total. The van der Waals surface area contributed by atoms with Gasteiger partial charge in [0.1, 0.15) is 5.76 Å². The molecule has 0 aliphatic carbocycles. The van der Waals surface area contributed by atoms with E-state index in [0.717, 1.165) is 16.8 Å². The zero-order chi connectivity index (χ0) is 10.4. The Labute approximate surface area is 91.9 Å². The van der Waals surface area contributed by atoms with Crippen molar-refractivity contribution in [3.63, 3.8) is 0 Å². The summed E-state index contributed by atoms with van der Waals surface area (Å²) in [6.07, 6.45) is 1.64. The number of nitrogens with two attached hydrogens (primary N) is 1. The van der Waals surface area contributed by atoms with Crippen LogP contribution in [-0.4, -0.2) is 26.8 Å². The third-order valence-electron chi connectivity index (χ3n) is 1.89. The van der Waals surface area contributed by atoms with Gasteiger partial charge in [-0.2, -0.15) is 0 Å². The topological polar surface area (TPSA) is 60.4 Å². The molecule has 80 valence electrons. The van der Waals surface area contributed by atoms with Crippen LogP contribution in [0.4, 0.5) is 0 Å². The molecule has 0 saturated heterocycles. The summed E-state index contributed by atoms with van der Waals surface area (Å²) in [5, 5.41) is 3.24. The molecule has 1 unspecified atom stereocenters. The average molecular weight is 263 g/mol. The van der Waals surface area contributed by atoms with Crippen LogP contribution in [-0.2, 0) is 4.74 Å². The Balaban J connectivity index is 2.50. The van der Waals surface area contributed by atoms with E-state index < -0.39 is 0 Å². The standard InChI is InChI=1S/C9H15BrN2O2/c1-13-5-3-12-8(6-11)9-7(10)2-4-14-9/h2,4,8,12H,3,5-6,11H2,1H3. The van der Waals surface area contributed by atoms with Crippen LogP contribution in [0.1, 0.15) is 11.8 Å². The van der Waals surface area contributed by atoms with Gasteiger partial charge in [0.2, 0.25) is 0 Å². The van der Waals surface area contributed by atoms with Crippen LogP contribution in [0.3, 0.4) is 0 Å². The molecule has 1 heterocycles. The third kappa shape index (κ3) is 3.09. The van der Waals surface area contributed by atoms with E-state index in [1.165, 1.54) is 0 Å². The fourth-order valence-electron chi connectivity index (χ4n) is 1.17. The van der Waals surface area contributed by atoms with Crippen LogP contribution in [0.25, 0.3) is 0 Å². The van der Waals surface area contributed by atoms with Gasteiger partial charge in [-0.15, -0.1) is 0 Å². The van der Waals surface area contributed by atoms with Gasteiger partial charge in [0.15, 0.2) is 0 Å². The minimum absolute atomic E-state index is 0.0366. The molecular weight excluding hydrogens is 248 g/mol. The van der Waals surface area contributed by atoms with Gasteiger partial charge in [0.25, 0.3) is 0 Å². The summed E-state index contributed by atoms with van der Waals surface area (Å²) >= 11 is 3.40. The third-order valence-corrected chi connectivity index (χ3v) is 2.55. The van der Waals surface area contributed by atoms with Gasteiger partial charge in [0, 0.05) is 20.2 Å². The molecule has 1 rings (SSSR count). The fraction of sp³-hybridized carbons (Fsp3) is 0.556. The molecule has 0 aliphatic rings. The Morgan fingerprint density at radius 2 is 2.50 bits per heavy atom. The molecule has 0 spiro atoms. The van der Waals surface area contributed by atoms with Crippen molar-refractivity contribution < 1.29 is 9.15 Å². The minimum Gasteiger partial charge on any atom is -0.466 e. The molecule has 0 radical (unpaired) electrons. The lowest BCUT2D eigenvalue weighted by Gasteiger charge is -2.14. The van der Waals surface area contributed by atoms with Gasteiger partial charge in [0.05, 0.1) is 23.4 Å². The van der Waals surface area contributed by atoms with Gasteiger partial charge >= 0.3 is 0 Å². The summed E-state index contributed by atoms with van der Waals surface area (Å²) in [7, 11) is 1.67. The van der Waals surface area contributed by atoms with Crippen LogP contribution < -0.4 is 11.1 Å². The number of ether oxygens (including phenoxy) is 1. The van der Waals surface area contributed by atoms with Gasteiger partial charge < -0.3 is 20.2 Å². The Morgan fingerprint density at radius 3 is 3.00 bits per heavy atom. The van der Waals surface area contributed by atoms with Gasteiger partial charge in [-0.25, -0.2) is 0 Å². The van der Waals surface area contributed by atoms with Crippen LogP contribution >= 0.6 is 15.9 Å². The van der Waals surface area contributed by atoms with Crippen molar-refractivity contribution in [2.75, 3.05) is 26.8 Å². The Hall–Kier alpha value is -0.360. The van der Waals surface area contributed by atoms with E-state index in [9.17, 15) is 0 Å². The second-order valence-corrected chi connectivity index (χ2v) is 3.72. The lowest BCUT2D eigenvalue weighted by molar-refractivity contribution is 0.194. The highest BCUT2D eigenvalue weighted by Gasteiger charge is 2.15. The van der Waals surface area contributed by atoms with Crippen molar-refractivity contribution in [2.24, 2.45) is 5.73 Å². The molecular formula is C9H15BrN2O2. The fourth-order valence-corrected chi connectivity index (χ4v) is 1.65. The highest BCUT2D eigenvalue weighted by atomic mass is 79.9. The predicted molar refractivity (Wildman–Crippen MR) is 58.1 cm³/mol. The largest absolute Gasteiger partial charge is 0.466 e. The second kappa shape index (κ2) is 6.19. The molecule has 0 bridgehead atoms. The summed E-state index contributed by atoms with van der Waals surface area (Å²) in [6, 6.07) is 1.89. The van der Waals surface area contributed by atoms with Crippen molar-refractivity contribution in [1.82, 2.24) is 5.32 Å². The van der Waals surface area contributed by atoms with E-state index in [0.29, 0.717) is 13.2 Å². The number of nitrogens with one attached hydrogen (secondary N) is 1.